The van der Waals surface area contributed by atoms with Crippen LogP contribution >= 0.6 is 47.0 Å². The Morgan fingerprint density at radius 3 is 1.67 bits per heavy atom. The van der Waals surface area contributed by atoms with Crippen molar-refractivity contribution < 1.29 is 19.1 Å². The van der Waals surface area contributed by atoms with Crippen molar-refractivity contribution in [3.05, 3.63) is 59.7 Å². The molecule has 0 amide bonds. The smallest absolute Gasteiger partial charge is 0.339 e. The van der Waals surface area contributed by atoms with Gasteiger partial charge < -0.3 is 9.47 Å². The normalized spacial score (nSPS) is 22.7. The van der Waals surface area contributed by atoms with Crippen LogP contribution in [-0.2, 0) is 9.47 Å². The lowest BCUT2D eigenvalue weighted by Crippen LogP contribution is -2.22. The predicted molar refractivity (Wildman–Crippen MR) is 132 cm³/mol. The lowest BCUT2D eigenvalue weighted by molar-refractivity contribution is 0.0464. The Labute approximate surface area is 195 Å². The molecule has 0 aliphatic carbocycles. The van der Waals surface area contributed by atoms with Crippen LogP contribution in [0.5, 0.6) is 0 Å². The molecule has 1 aromatic carbocycles. The van der Waals surface area contributed by atoms with Gasteiger partial charge in [0.25, 0.3) is 0 Å². The zero-order chi connectivity index (χ0) is 21.3. The van der Waals surface area contributed by atoms with Crippen LogP contribution in [0.1, 0.15) is 20.7 Å². The van der Waals surface area contributed by atoms with Crippen molar-refractivity contribution in [2.24, 2.45) is 0 Å². The van der Waals surface area contributed by atoms with Crippen LogP contribution in [0.4, 0.5) is 0 Å². The molecule has 8 heteroatoms. The molecule has 30 heavy (non-hydrogen) atoms. The highest BCUT2D eigenvalue weighted by molar-refractivity contribution is 8.04. The number of ether oxygens (including phenoxy) is 2. The first-order chi connectivity index (χ1) is 14.5. The van der Waals surface area contributed by atoms with Gasteiger partial charge in [0.2, 0.25) is 0 Å². The molecule has 2 unspecified atom stereocenters. The Morgan fingerprint density at radius 2 is 1.23 bits per heavy atom. The van der Waals surface area contributed by atoms with Crippen LogP contribution < -0.4 is 0 Å². The minimum absolute atomic E-state index is 0.233. The summed E-state index contributed by atoms with van der Waals surface area (Å²) in [5.41, 5.74) is 2.94. The second kappa shape index (κ2) is 12.2. The maximum absolute atomic E-state index is 12.7. The van der Waals surface area contributed by atoms with Gasteiger partial charge >= 0.3 is 11.9 Å². The Kier molecular flexibility index (Phi) is 9.62. The van der Waals surface area contributed by atoms with E-state index in [9.17, 15) is 9.59 Å². The molecule has 0 N–H and O–H groups in total. The Morgan fingerprint density at radius 1 is 0.800 bits per heavy atom. The van der Waals surface area contributed by atoms with Crippen molar-refractivity contribution in [3.63, 3.8) is 0 Å². The number of carbonyl (C=O) groups excluding carboxylic acids is 2. The monoisotopic (exact) mass is 482 g/mol. The van der Waals surface area contributed by atoms with Gasteiger partial charge in [0.05, 0.1) is 11.1 Å². The SMILES string of the molecule is C=C1CSCC(COC(=O)c2ccccc2C(=O)OCC2CSCC(=C)CS2)SC1. The van der Waals surface area contributed by atoms with Gasteiger partial charge in [-0.25, -0.2) is 9.59 Å². The third-order valence-electron chi connectivity index (χ3n) is 4.43. The van der Waals surface area contributed by atoms with Crippen molar-refractivity contribution in [3.8, 4) is 0 Å². The van der Waals surface area contributed by atoms with Gasteiger partial charge in [-0.05, 0) is 12.1 Å². The van der Waals surface area contributed by atoms with Crippen LogP contribution in [0.3, 0.4) is 0 Å². The van der Waals surface area contributed by atoms with Crippen molar-refractivity contribution in [2.45, 2.75) is 10.5 Å². The predicted octanol–water partition coefficient (Wildman–Crippen LogP) is 4.81. The second-order valence-corrected chi connectivity index (χ2v) is 11.8. The summed E-state index contributed by atoms with van der Waals surface area (Å²) in [7, 11) is 0. The third-order valence-corrected chi connectivity index (χ3v) is 10.1. The van der Waals surface area contributed by atoms with Gasteiger partial charge in [0.15, 0.2) is 0 Å². The summed E-state index contributed by atoms with van der Waals surface area (Å²) in [5, 5.41) is 0.466. The molecular weight excluding hydrogens is 457 g/mol. The number of benzene rings is 1. The van der Waals surface area contributed by atoms with E-state index in [0.29, 0.717) is 13.2 Å². The fraction of sp³-hybridized carbons (Fsp3) is 0.455. The van der Waals surface area contributed by atoms with E-state index in [0.717, 1.165) is 34.5 Å². The van der Waals surface area contributed by atoms with E-state index in [1.807, 2.05) is 23.5 Å². The Bertz CT molecular complexity index is 730. The summed E-state index contributed by atoms with van der Waals surface area (Å²) >= 11 is 7.16. The lowest BCUT2D eigenvalue weighted by Gasteiger charge is -2.16. The third kappa shape index (κ3) is 7.32. The summed E-state index contributed by atoms with van der Waals surface area (Å²) in [6, 6.07) is 6.71. The number of thioether (sulfide) groups is 4. The minimum atomic E-state index is -0.480. The van der Waals surface area contributed by atoms with Gasteiger partial charge in [-0.1, -0.05) is 36.4 Å². The van der Waals surface area contributed by atoms with Crippen LogP contribution in [0, 0.1) is 0 Å². The maximum atomic E-state index is 12.7. The van der Waals surface area contributed by atoms with E-state index < -0.39 is 11.9 Å². The lowest BCUT2D eigenvalue weighted by atomic mass is 10.1. The molecule has 2 saturated heterocycles. The Balaban J connectivity index is 1.54. The topological polar surface area (TPSA) is 52.6 Å². The fourth-order valence-corrected chi connectivity index (χ4v) is 7.66. The first kappa shape index (κ1) is 23.7. The molecule has 2 heterocycles. The Hall–Kier alpha value is -0.960. The van der Waals surface area contributed by atoms with Crippen molar-refractivity contribution >= 4 is 59.0 Å². The summed E-state index contributed by atoms with van der Waals surface area (Å²) in [6.45, 7) is 8.72. The van der Waals surface area contributed by atoms with E-state index in [4.69, 9.17) is 9.47 Å². The summed E-state index contributed by atoms with van der Waals surface area (Å²) in [5.74, 6) is 4.58. The molecule has 0 aromatic heterocycles. The quantitative estimate of drug-likeness (QED) is 0.423. The van der Waals surface area contributed by atoms with Crippen LogP contribution in [0.15, 0.2) is 48.6 Å². The molecule has 2 fully saturated rings. The average Bonchev–Trinajstić information content (AvgIpc) is 3.09. The minimum Gasteiger partial charge on any atom is -0.461 e. The number of hydrogen-bond acceptors (Lipinski definition) is 8. The first-order valence-electron chi connectivity index (χ1n) is 9.68. The van der Waals surface area contributed by atoms with Crippen LogP contribution in [-0.4, -0.2) is 70.2 Å². The fourth-order valence-electron chi connectivity index (χ4n) is 2.84. The number of rotatable bonds is 6. The standard InChI is InChI=1S/C22H26O4S4/c1-15-9-27-13-17(29-11-15)7-25-21(23)19-5-3-4-6-20(19)22(24)26-8-18-14-28-10-16(2)12-30-18/h3-6,17-18H,1-2,7-14H2. The van der Waals surface area contributed by atoms with Gasteiger partial charge in [-0.2, -0.15) is 23.5 Å². The van der Waals surface area contributed by atoms with E-state index in [-0.39, 0.29) is 21.6 Å². The number of hydrogen-bond donors (Lipinski definition) is 0. The van der Waals surface area contributed by atoms with Gasteiger partial charge in [-0.3, -0.25) is 0 Å². The molecule has 4 nitrogen and oxygen atoms in total. The van der Waals surface area contributed by atoms with Crippen LogP contribution in [0.25, 0.3) is 0 Å². The molecule has 1 aromatic rings. The van der Waals surface area contributed by atoms with Crippen molar-refractivity contribution in [2.75, 3.05) is 47.7 Å². The molecule has 0 saturated carbocycles. The summed E-state index contributed by atoms with van der Waals surface area (Å²) < 4.78 is 11.1. The first-order valence-corrected chi connectivity index (χ1v) is 14.1. The molecule has 162 valence electrons. The van der Waals surface area contributed by atoms with Gasteiger partial charge in [-0.15, -0.1) is 23.5 Å². The zero-order valence-corrected chi connectivity index (χ0v) is 20.1. The summed E-state index contributed by atoms with van der Waals surface area (Å²) in [4.78, 5) is 25.3. The number of carbonyl (C=O) groups is 2. The second-order valence-electron chi connectivity index (χ2n) is 7.14. The van der Waals surface area contributed by atoms with Crippen molar-refractivity contribution in [1.82, 2.24) is 0 Å². The zero-order valence-electron chi connectivity index (χ0n) is 16.8. The maximum Gasteiger partial charge on any atom is 0.339 e. The molecule has 0 spiro atoms. The largest absolute Gasteiger partial charge is 0.461 e. The molecule has 3 rings (SSSR count). The summed E-state index contributed by atoms with van der Waals surface area (Å²) in [6.07, 6.45) is 0. The van der Waals surface area contributed by atoms with Gasteiger partial charge in [0.1, 0.15) is 13.2 Å². The van der Waals surface area contributed by atoms with E-state index >= 15 is 0 Å². The molecular formula is C22H26O4S4. The van der Waals surface area contributed by atoms with E-state index in [2.05, 4.69) is 13.2 Å². The highest BCUT2D eigenvalue weighted by atomic mass is 32.2. The molecule has 0 bridgehead atoms. The van der Waals surface area contributed by atoms with E-state index in [1.54, 1.807) is 47.8 Å². The van der Waals surface area contributed by atoms with E-state index in [1.165, 1.54) is 11.1 Å². The molecule has 2 aliphatic rings. The van der Waals surface area contributed by atoms with Crippen LogP contribution in [0.2, 0.25) is 0 Å². The molecule has 0 radical (unpaired) electrons. The number of esters is 2. The average molecular weight is 483 g/mol. The molecule has 2 atom stereocenters. The highest BCUT2D eigenvalue weighted by Gasteiger charge is 2.23. The molecule has 2 aliphatic heterocycles. The highest BCUT2D eigenvalue weighted by Crippen LogP contribution is 2.27. The van der Waals surface area contributed by atoms with Gasteiger partial charge in [0, 0.05) is 45.0 Å². The van der Waals surface area contributed by atoms with Crippen molar-refractivity contribution in [1.29, 1.82) is 0 Å².